The molecule has 20 nitrogen and oxygen atoms in total. The predicted molar refractivity (Wildman–Crippen MR) is 268 cm³/mol. The predicted octanol–water partition coefficient (Wildman–Crippen LogP) is 7.32. The first-order valence-corrected chi connectivity index (χ1v) is 25.3. The number of hydrogen-bond donors (Lipinski definition) is 2. The molecule has 2 aliphatic heterocycles. The van der Waals surface area contributed by atoms with Crippen molar-refractivity contribution in [3.8, 4) is 11.5 Å². The molecule has 0 bridgehead atoms. The number of carbonyl (C=O) groups excluding carboxylic acids is 1. The van der Waals surface area contributed by atoms with Crippen LogP contribution in [0.3, 0.4) is 0 Å². The van der Waals surface area contributed by atoms with E-state index in [0.29, 0.717) is 45.0 Å². The number of aryl methyl sites for hydroxylation is 1. The van der Waals surface area contributed by atoms with Crippen LogP contribution < -0.4 is 20.3 Å². The van der Waals surface area contributed by atoms with Crippen molar-refractivity contribution in [2.75, 3.05) is 39.3 Å². The SMILES string of the molecule is [B][P+](OCC[N+]#[C-])(OC[C@H]1O[C@@H](n2cnc3c(C)ncnc32)[C@@H](F)C1OC(c1ccccc1)(c1ccc(OC)cc1)c1ccc(OC)cc1)OC1[C@@H](CC)O[C@@H](n2cnc3c(=O)[nH]c(NC(=O)C(C)C)nc32)[C@H]1F. The molecule has 384 valence electrons. The Morgan fingerprint density at radius 1 is 0.851 bits per heavy atom. The van der Waals surface area contributed by atoms with Gasteiger partial charge in [-0.15, -0.1) is 0 Å². The number of methoxy groups -OCH3 is 2. The number of alkyl halides is 2. The Kier molecular flexibility index (Phi) is 15.5. The summed E-state index contributed by atoms with van der Waals surface area (Å²) in [6.07, 6.45) is -7.92. The summed E-state index contributed by atoms with van der Waals surface area (Å²) in [7, 11) is 5.83. The normalized spacial score (nSPS) is 22.8. The van der Waals surface area contributed by atoms with Gasteiger partial charge in [0, 0.05) is 5.92 Å². The van der Waals surface area contributed by atoms with Gasteiger partial charge in [0.1, 0.15) is 47.8 Å². The van der Waals surface area contributed by atoms with Crippen LogP contribution in [0.1, 0.15) is 62.0 Å². The number of fused-ring (bicyclic) bond motifs is 2. The number of imidazole rings is 2. The van der Waals surface area contributed by atoms with E-state index in [0.717, 1.165) is 0 Å². The van der Waals surface area contributed by atoms with Gasteiger partial charge in [0.05, 0.1) is 38.7 Å². The first kappa shape index (κ1) is 52.1. The minimum absolute atomic E-state index is 0.0720. The Balaban J connectivity index is 1.09. The highest BCUT2D eigenvalue weighted by Crippen LogP contribution is 2.61. The first-order valence-electron chi connectivity index (χ1n) is 23.7. The van der Waals surface area contributed by atoms with E-state index in [-0.39, 0.29) is 36.7 Å². The number of nitrogens with zero attached hydrogens (tertiary/aromatic N) is 8. The Morgan fingerprint density at radius 3 is 2.05 bits per heavy atom. The molecule has 3 aromatic carbocycles. The molecule has 4 aromatic heterocycles. The summed E-state index contributed by atoms with van der Waals surface area (Å²) in [6.45, 7) is 13.3. The van der Waals surface area contributed by atoms with E-state index in [9.17, 15) is 9.59 Å². The summed E-state index contributed by atoms with van der Waals surface area (Å²) < 4.78 is 88.2. The fourth-order valence-corrected chi connectivity index (χ4v) is 10.5. The van der Waals surface area contributed by atoms with Crippen molar-refractivity contribution in [2.24, 2.45) is 5.92 Å². The first-order chi connectivity index (χ1) is 35.7. The maximum Gasteiger partial charge on any atom is 0.488 e. The topological polar surface area (TPSA) is 214 Å². The summed E-state index contributed by atoms with van der Waals surface area (Å²) in [5.41, 5.74) is 0.686. The van der Waals surface area contributed by atoms with Crippen LogP contribution in [0.15, 0.2) is 103 Å². The van der Waals surface area contributed by atoms with E-state index in [1.807, 2.05) is 54.6 Å². The fraction of sp³-hybridized carbons (Fsp3) is 0.400. The number of carbonyl (C=O) groups is 1. The maximum atomic E-state index is 18.1. The second-order valence-corrected chi connectivity index (χ2v) is 19.6. The summed E-state index contributed by atoms with van der Waals surface area (Å²) in [4.78, 5) is 53.2. The van der Waals surface area contributed by atoms with Gasteiger partial charge in [-0.05, 0) is 54.3 Å². The molecule has 9 atom stereocenters. The van der Waals surface area contributed by atoms with Crippen molar-refractivity contribution < 1.29 is 50.8 Å². The highest BCUT2D eigenvalue weighted by atomic mass is 31.2. The quantitative estimate of drug-likeness (QED) is 0.0252. The number of aromatic amines is 1. The number of amides is 1. The second-order valence-electron chi connectivity index (χ2n) is 17.8. The van der Waals surface area contributed by atoms with Crippen molar-refractivity contribution >= 4 is 49.6 Å². The molecule has 2 saturated heterocycles. The highest BCUT2D eigenvalue weighted by molar-refractivity contribution is 7.85. The highest BCUT2D eigenvalue weighted by Gasteiger charge is 2.57. The molecule has 9 rings (SSSR count). The third-order valence-electron chi connectivity index (χ3n) is 12.9. The van der Waals surface area contributed by atoms with E-state index < -0.39 is 86.6 Å². The number of aromatic nitrogens is 8. The lowest BCUT2D eigenvalue weighted by Gasteiger charge is -2.39. The van der Waals surface area contributed by atoms with Gasteiger partial charge in [0.2, 0.25) is 18.4 Å². The standard InChI is InChI=1S/C50H53BF2N10O10P/c1-8-35-42(38(53)48(70-35)63-27-58-40-44(63)59-49(61-46(40)65)60-45(64)28(2)3)73-74(51,68-23-22-54-5)69-24-36-41(37(52)47(71-36)62-26-57-39-29(4)55-25-56-43(39)62)72-50(30-12-10-9-11-13-30,31-14-18-33(66-6)19-15-31)32-16-20-34(67-7)21-17-32/h9-21,25-28,35-38,41-42,47-48H,8,22-24H2,1-4,6-7H3,(H2,59,60,61,64,65)/q+1/t35-,36-,37+,38+,41?,42?,47-,48-,74?/m1/s1. The number of H-pyrrole nitrogens is 1. The molecule has 24 heteroatoms. The Morgan fingerprint density at radius 2 is 1.45 bits per heavy atom. The van der Waals surface area contributed by atoms with Crippen molar-refractivity contribution in [3.05, 3.63) is 142 Å². The molecule has 2 radical (unpaired) electrons. The third kappa shape index (κ3) is 10.1. The summed E-state index contributed by atoms with van der Waals surface area (Å²) in [6, 6.07) is 23.7. The van der Waals surface area contributed by atoms with Crippen LogP contribution in [-0.2, 0) is 38.2 Å². The van der Waals surface area contributed by atoms with E-state index in [1.165, 1.54) is 28.1 Å². The summed E-state index contributed by atoms with van der Waals surface area (Å²) in [5, 5.41) is 2.55. The molecular formula is C50H53BF2N10O10P+. The van der Waals surface area contributed by atoms with Crippen LogP contribution in [0.5, 0.6) is 11.5 Å². The van der Waals surface area contributed by atoms with Gasteiger partial charge >= 0.3 is 15.4 Å². The largest absolute Gasteiger partial charge is 0.497 e. The molecule has 7 aromatic rings. The van der Waals surface area contributed by atoms with Gasteiger partial charge < -0.3 is 28.5 Å². The molecule has 0 spiro atoms. The van der Waals surface area contributed by atoms with Gasteiger partial charge in [-0.3, -0.25) is 29.0 Å². The average molecular weight is 1030 g/mol. The minimum atomic E-state index is -4.23. The number of benzene rings is 3. The zero-order chi connectivity index (χ0) is 52.3. The minimum Gasteiger partial charge on any atom is -0.497 e. The molecule has 2 N–H and O–H groups in total. The Hall–Kier alpha value is -6.77. The zero-order valence-electron chi connectivity index (χ0n) is 41.2. The van der Waals surface area contributed by atoms with Gasteiger partial charge in [0.25, 0.3) is 5.56 Å². The molecule has 0 saturated carbocycles. The lowest BCUT2D eigenvalue weighted by atomic mass is 9.79. The molecule has 6 heterocycles. The Labute approximate surface area is 425 Å². The number of rotatable bonds is 20. The number of nitrogens with one attached hydrogen (secondary N) is 2. The van der Waals surface area contributed by atoms with Crippen molar-refractivity contribution in [2.45, 2.75) is 88.9 Å². The molecule has 0 aliphatic carbocycles. The number of halogens is 2. The molecule has 2 fully saturated rings. The molecular weight excluding hydrogens is 980 g/mol. The van der Waals surface area contributed by atoms with Gasteiger partial charge in [-0.25, -0.2) is 35.3 Å². The smallest absolute Gasteiger partial charge is 0.488 e. The summed E-state index contributed by atoms with van der Waals surface area (Å²) >= 11 is 0. The number of anilines is 1. The molecule has 1 amide bonds. The van der Waals surface area contributed by atoms with Crippen LogP contribution >= 0.6 is 7.82 Å². The van der Waals surface area contributed by atoms with E-state index in [1.54, 1.807) is 66.2 Å². The average Bonchev–Trinajstić information content (AvgIpc) is 4.20. The van der Waals surface area contributed by atoms with E-state index in [2.05, 4.69) is 40.1 Å². The van der Waals surface area contributed by atoms with Crippen LogP contribution in [-0.4, -0.2) is 123 Å². The molecule has 2 aliphatic rings. The fourth-order valence-electron chi connectivity index (χ4n) is 9.04. The third-order valence-corrected chi connectivity index (χ3v) is 14.5. The number of ether oxygens (including phenoxy) is 5. The van der Waals surface area contributed by atoms with Crippen LogP contribution in [0.25, 0.3) is 27.2 Å². The Bertz CT molecular complexity index is 3140. The van der Waals surface area contributed by atoms with Crippen molar-refractivity contribution in [3.63, 3.8) is 0 Å². The summed E-state index contributed by atoms with van der Waals surface area (Å²) in [5.74, 6) is 0.122. The number of hydrogen-bond acceptors (Lipinski definition) is 15. The van der Waals surface area contributed by atoms with Crippen LogP contribution in [0, 0.1) is 19.4 Å². The maximum absolute atomic E-state index is 18.1. The second kappa shape index (κ2) is 22.0. The molecule has 3 unspecified atom stereocenters. The van der Waals surface area contributed by atoms with E-state index in [4.69, 9.17) is 51.4 Å². The van der Waals surface area contributed by atoms with Crippen LogP contribution in [0.2, 0.25) is 0 Å². The van der Waals surface area contributed by atoms with Gasteiger partial charge in [0.15, 0.2) is 54.3 Å². The molecule has 74 heavy (non-hydrogen) atoms. The van der Waals surface area contributed by atoms with Crippen molar-refractivity contribution in [1.82, 2.24) is 39.0 Å². The lowest BCUT2D eigenvalue weighted by molar-refractivity contribution is -0.118. The van der Waals surface area contributed by atoms with Gasteiger partial charge in [-0.2, -0.15) is 18.6 Å². The van der Waals surface area contributed by atoms with Crippen molar-refractivity contribution in [1.29, 1.82) is 0 Å². The van der Waals surface area contributed by atoms with E-state index >= 15 is 8.78 Å². The lowest BCUT2D eigenvalue weighted by Crippen LogP contribution is -2.44. The van der Waals surface area contributed by atoms with Crippen LogP contribution in [0.4, 0.5) is 14.7 Å². The zero-order valence-corrected chi connectivity index (χ0v) is 42.1. The van der Waals surface area contributed by atoms with Gasteiger partial charge in [-0.1, -0.05) is 75.4 Å². The monoisotopic (exact) mass is 1030 g/mol.